The van der Waals surface area contributed by atoms with Gasteiger partial charge in [-0.3, -0.25) is 4.98 Å². The van der Waals surface area contributed by atoms with Gasteiger partial charge >= 0.3 is 0 Å². The zero-order valence-corrected chi connectivity index (χ0v) is 14.4. The SMILES string of the molecule is CCC[C@H]1CC[C@H](CCc2ccc(-c3ccccc3)nc2)CC1. The smallest absolute Gasteiger partial charge is 0.0702 e. The molecule has 1 aliphatic carbocycles. The molecule has 0 atom stereocenters. The van der Waals surface area contributed by atoms with E-state index < -0.39 is 0 Å². The predicted octanol–water partition coefficient (Wildman–Crippen LogP) is 6.29. The number of benzene rings is 1. The number of aromatic nitrogens is 1. The molecule has 1 aromatic heterocycles. The van der Waals surface area contributed by atoms with Gasteiger partial charge in [-0.25, -0.2) is 0 Å². The Morgan fingerprint density at radius 1 is 0.870 bits per heavy atom. The van der Waals surface area contributed by atoms with Crippen LogP contribution < -0.4 is 0 Å². The molecule has 0 N–H and O–H groups in total. The highest BCUT2D eigenvalue weighted by Crippen LogP contribution is 2.33. The number of rotatable bonds is 6. The second kappa shape index (κ2) is 8.29. The molecule has 1 fully saturated rings. The predicted molar refractivity (Wildman–Crippen MR) is 98.4 cm³/mol. The molecule has 23 heavy (non-hydrogen) atoms. The summed E-state index contributed by atoms with van der Waals surface area (Å²) in [5.41, 5.74) is 3.67. The van der Waals surface area contributed by atoms with E-state index in [0.29, 0.717) is 0 Å². The second-order valence-corrected chi connectivity index (χ2v) is 7.13. The van der Waals surface area contributed by atoms with E-state index >= 15 is 0 Å². The Bertz CT molecular complexity index is 565. The lowest BCUT2D eigenvalue weighted by Gasteiger charge is -2.28. The van der Waals surface area contributed by atoms with Crippen LogP contribution in [0, 0.1) is 11.8 Å². The molecular formula is C22H29N. The first-order valence-corrected chi connectivity index (χ1v) is 9.35. The van der Waals surface area contributed by atoms with Gasteiger partial charge in [0.05, 0.1) is 5.69 Å². The summed E-state index contributed by atoms with van der Waals surface area (Å²) in [6, 6.07) is 14.9. The molecular weight excluding hydrogens is 278 g/mol. The van der Waals surface area contributed by atoms with Gasteiger partial charge in [-0.05, 0) is 36.3 Å². The first-order valence-electron chi connectivity index (χ1n) is 9.35. The number of aryl methyl sites for hydroxylation is 1. The Morgan fingerprint density at radius 3 is 2.17 bits per heavy atom. The lowest BCUT2D eigenvalue weighted by atomic mass is 9.78. The van der Waals surface area contributed by atoms with Gasteiger partial charge in [0.25, 0.3) is 0 Å². The fourth-order valence-corrected chi connectivity index (χ4v) is 3.94. The van der Waals surface area contributed by atoms with Crippen molar-refractivity contribution >= 4 is 0 Å². The van der Waals surface area contributed by atoms with E-state index in [2.05, 4.69) is 54.5 Å². The Balaban J connectivity index is 1.48. The molecule has 1 aliphatic rings. The summed E-state index contributed by atoms with van der Waals surface area (Å²) < 4.78 is 0. The van der Waals surface area contributed by atoms with E-state index in [1.165, 1.54) is 62.5 Å². The van der Waals surface area contributed by atoms with Crippen LogP contribution in [0.4, 0.5) is 0 Å². The standard InChI is InChI=1S/C22H29N/c1-2-6-18-9-11-19(12-10-18)13-14-20-15-16-22(23-17-20)21-7-4-3-5-8-21/h3-5,7-8,15-19H,2,6,9-14H2,1H3/t18-,19-. The summed E-state index contributed by atoms with van der Waals surface area (Å²) in [6.45, 7) is 2.32. The zero-order chi connectivity index (χ0) is 15.9. The molecule has 1 heterocycles. The third kappa shape index (κ3) is 4.67. The molecule has 0 saturated heterocycles. The molecule has 2 aromatic rings. The fraction of sp³-hybridized carbons (Fsp3) is 0.500. The van der Waals surface area contributed by atoms with E-state index in [9.17, 15) is 0 Å². The average Bonchev–Trinajstić information content (AvgIpc) is 2.63. The van der Waals surface area contributed by atoms with Gasteiger partial charge in [0, 0.05) is 11.8 Å². The molecule has 0 aliphatic heterocycles. The molecule has 1 nitrogen and oxygen atoms in total. The van der Waals surface area contributed by atoms with Gasteiger partial charge < -0.3 is 0 Å². The Morgan fingerprint density at radius 2 is 1.57 bits per heavy atom. The molecule has 1 aromatic carbocycles. The third-order valence-electron chi connectivity index (χ3n) is 5.40. The molecule has 0 spiro atoms. The molecule has 3 rings (SSSR count). The first-order chi connectivity index (χ1) is 11.3. The van der Waals surface area contributed by atoms with Crippen molar-refractivity contribution in [1.82, 2.24) is 4.98 Å². The zero-order valence-electron chi connectivity index (χ0n) is 14.4. The lowest BCUT2D eigenvalue weighted by Crippen LogP contribution is -2.15. The monoisotopic (exact) mass is 307 g/mol. The molecule has 0 radical (unpaired) electrons. The van der Waals surface area contributed by atoms with Crippen LogP contribution in [0.3, 0.4) is 0 Å². The van der Waals surface area contributed by atoms with Crippen LogP contribution in [0.1, 0.15) is 57.4 Å². The normalized spacial score (nSPS) is 21.3. The van der Waals surface area contributed by atoms with Gasteiger partial charge in [0.1, 0.15) is 0 Å². The van der Waals surface area contributed by atoms with E-state index in [-0.39, 0.29) is 0 Å². The van der Waals surface area contributed by atoms with Crippen LogP contribution in [0.15, 0.2) is 48.7 Å². The molecule has 0 unspecified atom stereocenters. The van der Waals surface area contributed by atoms with Crippen molar-refractivity contribution in [2.45, 2.75) is 58.3 Å². The van der Waals surface area contributed by atoms with Crippen molar-refractivity contribution in [3.05, 3.63) is 54.2 Å². The topological polar surface area (TPSA) is 12.9 Å². The fourth-order valence-electron chi connectivity index (χ4n) is 3.94. The van der Waals surface area contributed by atoms with E-state index in [1.54, 1.807) is 0 Å². The van der Waals surface area contributed by atoms with Crippen LogP contribution in [0.5, 0.6) is 0 Å². The Hall–Kier alpha value is -1.63. The molecule has 1 saturated carbocycles. The maximum Gasteiger partial charge on any atom is 0.0702 e. The summed E-state index contributed by atoms with van der Waals surface area (Å²) in [6.07, 6.45) is 13.2. The molecule has 0 bridgehead atoms. The van der Waals surface area contributed by atoms with Gasteiger partial charge in [-0.15, -0.1) is 0 Å². The number of hydrogen-bond donors (Lipinski definition) is 0. The number of pyridine rings is 1. The lowest BCUT2D eigenvalue weighted by molar-refractivity contribution is 0.252. The van der Waals surface area contributed by atoms with Crippen molar-refractivity contribution < 1.29 is 0 Å². The van der Waals surface area contributed by atoms with Crippen molar-refractivity contribution in [2.75, 3.05) is 0 Å². The van der Waals surface area contributed by atoms with Crippen LogP contribution in [-0.2, 0) is 6.42 Å². The van der Waals surface area contributed by atoms with E-state index in [4.69, 9.17) is 0 Å². The van der Waals surface area contributed by atoms with Gasteiger partial charge in [0.15, 0.2) is 0 Å². The Labute approximate surface area is 141 Å². The maximum atomic E-state index is 4.65. The minimum Gasteiger partial charge on any atom is -0.256 e. The number of nitrogens with zero attached hydrogens (tertiary/aromatic N) is 1. The minimum atomic E-state index is 0.942. The maximum absolute atomic E-state index is 4.65. The summed E-state index contributed by atoms with van der Waals surface area (Å²) >= 11 is 0. The highest BCUT2D eigenvalue weighted by atomic mass is 14.7. The summed E-state index contributed by atoms with van der Waals surface area (Å²) in [5.74, 6) is 1.96. The van der Waals surface area contributed by atoms with Crippen molar-refractivity contribution in [3.63, 3.8) is 0 Å². The van der Waals surface area contributed by atoms with Gasteiger partial charge in [-0.2, -0.15) is 0 Å². The van der Waals surface area contributed by atoms with Crippen molar-refractivity contribution in [2.24, 2.45) is 11.8 Å². The molecule has 1 heteroatoms. The second-order valence-electron chi connectivity index (χ2n) is 7.13. The highest BCUT2D eigenvalue weighted by Gasteiger charge is 2.20. The van der Waals surface area contributed by atoms with Crippen LogP contribution in [0.2, 0.25) is 0 Å². The van der Waals surface area contributed by atoms with E-state index in [1.807, 2.05) is 6.07 Å². The van der Waals surface area contributed by atoms with Crippen molar-refractivity contribution in [1.29, 1.82) is 0 Å². The van der Waals surface area contributed by atoms with Gasteiger partial charge in [0.2, 0.25) is 0 Å². The van der Waals surface area contributed by atoms with Crippen molar-refractivity contribution in [3.8, 4) is 11.3 Å². The number of hydrogen-bond acceptors (Lipinski definition) is 1. The Kier molecular flexibility index (Phi) is 5.85. The largest absolute Gasteiger partial charge is 0.256 e. The van der Waals surface area contributed by atoms with Gasteiger partial charge in [-0.1, -0.05) is 81.8 Å². The summed E-state index contributed by atoms with van der Waals surface area (Å²) in [4.78, 5) is 4.65. The van der Waals surface area contributed by atoms with Crippen LogP contribution in [-0.4, -0.2) is 4.98 Å². The first kappa shape index (κ1) is 16.2. The molecule has 0 amide bonds. The summed E-state index contributed by atoms with van der Waals surface area (Å²) in [7, 11) is 0. The summed E-state index contributed by atoms with van der Waals surface area (Å²) in [5, 5.41) is 0. The third-order valence-corrected chi connectivity index (χ3v) is 5.40. The van der Waals surface area contributed by atoms with Crippen LogP contribution in [0.25, 0.3) is 11.3 Å². The van der Waals surface area contributed by atoms with E-state index in [0.717, 1.165) is 17.5 Å². The molecule has 122 valence electrons. The highest BCUT2D eigenvalue weighted by molar-refractivity contribution is 5.58. The van der Waals surface area contributed by atoms with Crippen LogP contribution >= 0.6 is 0 Å². The minimum absolute atomic E-state index is 0.942. The average molecular weight is 307 g/mol. The quantitative estimate of drug-likeness (QED) is 0.611.